The average Bonchev–Trinajstić information content (AvgIpc) is 1.64. The van der Waals surface area contributed by atoms with E-state index in [0.29, 0.717) is 176 Å². The van der Waals surface area contributed by atoms with E-state index >= 15 is 0 Å². The van der Waals surface area contributed by atoms with Crippen molar-refractivity contribution in [2.45, 2.75) is 117 Å². The molecule has 3 N–H and O–H groups in total. The molecule has 6 aliphatic rings. The number of hydrogen-bond donors (Lipinski definition) is 3. The number of benzene rings is 2. The van der Waals surface area contributed by atoms with Gasteiger partial charge >= 0.3 is 6.09 Å². The largest absolute Gasteiger partial charge is 0.481 e. The van der Waals surface area contributed by atoms with Crippen LogP contribution < -0.4 is 34.9 Å². The molecule has 0 atom stereocenters. The monoisotopic (exact) mass is 1560 g/mol. The number of carbonyl (C=O) groups excluding carboxylic acids is 5. The molecule has 14 rings (SSSR count). The molecule has 572 valence electrons. The third kappa shape index (κ3) is 17.4. The van der Waals surface area contributed by atoms with E-state index in [1.54, 1.807) is 63.4 Å². The molecule has 6 aliphatic heterocycles. The third-order valence-corrected chi connectivity index (χ3v) is 22.8. The van der Waals surface area contributed by atoms with Crippen molar-refractivity contribution in [1.29, 1.82) is 0 Å². The lowest BCUT2D eigenvalue weighted by Gasteiger charge is -2.47. The van der Waals surface area contributed by atoms with E-state index in [1.165, 1.54) is 7.11 Å². The summed E-state index contributed by atoms with van der Waals surface area (Å²) < 4.78 is 28.8. The van der Waals surface area contributed by atoms with E-state index in [9.17, 15) is 24.0 Å². The topological polar surface area (TPSA) is 261 Å². The number of piperidine rings is 2. The Kier molecular flexibility index (Phi) is 23.7. The lowest BCUT2D eigenvalue weighted by Crippen LogP contribution is -2.56. The van der Waals surface area contributed by atoms with Crippen molar-refractivity contribution in [1.82, 2.24) is 70.4 Å². The normalized spacial score (nSPS) is 17.1. The van der Waals surface area contributed by atoms with E-state index in [-0.39, 0.29) is 47.0 Å². The number of ether oxygens (including phenoxy) is 5. The maximum absolute atomic E-state index is 13.6. The highest BCUT2D eigenvalue weighted by Crippen LogP contribution is 2.46. The Hall–Kier alpha value is -9.27. The summed E-state index contributed by atoms with van der Waals surface area (Å²) in [5.41, 5.74) is 10.5. The first-order valence-electron chi connectivity index (χ1n) is 36.6. The molecular formula is C81H90Cl4N14O10. The molecule has 5 amide bonds. The van der Waals surface area contributed by atoms with Gasteiger partial charge in [-0.1, -0.05) is 101 Å². The van der Waals surface area contributed by atoms with Crippen LogP contribution in [0.1, 0.15) is 95.4 Å². The van der Waals surface area contributed by atoms with E-state index < -0.39 is 11.7 Å². The number of halogens is 4. The Morgan fingerprint density at radius 3 is 1.28 bits per heavy atom. The molecule has 0 saturated carbocycles. The summed E-state index contributed by atoms with van der Waals surface area (Å²) in [5, 5.41) is 11.2. The number of rotatable bonds is 20. The maximum atomic E-state index is 13.6. The van der Waals surface area contributed by atoms with E-state index in [2.05, 4.69) is 35.7 Å². The first-order valence-corrected chi connectivity index (χ1v) is 38.1. The highest BCUT2D eigenvalue weighted by molar-refractivity contribution is 6.40. The minimum Gasteiger partial charge on any atom is -0.481 e. The Morgan fingerprint density at radius 1 is 0.514 bits per heavy atom. The third-order valence-electron chi connectivity index (χ3n) is 21.2. The lowest BCUT2D eigenvalue weighted by atomic mass is 9.79. The number of methoxy groups -OCH3 is 4. The Morgan fingerprint density at radius 2 is 0.890 bits per heavy atom. The summed E-state index contributed by atoms with van der Waals surface area (Å²) in [6, 6.07) is 30.7. The van der Waals surface area contributed by atoms with Crippen LogP contribution in [0.4, 0.5) is 4.79 Å². The van der Waals surface area contributed by atoms with Gasteiger partial charge in [0, 0.05) is 203 Å². The highest BCUT2D eigenvalue weighted by Gasteiger charge is 2.49. The summed E-state index contributed by atoms with van der Waals surface area (Å²) >= 11 is 28.4. The van der Waals surface area contributed by atoms with Crippen molar-refractivity contribution >= 4 is 76.1 Å². The van der Waals surface area contributed by atoms with Crippen molar-refractivity contribution in [2.75, 3.05) is 93.9 Å². The van der Waals surface area contributed by atoms with Crippen LogP contribution in [0, 0.1) is 10.8 Å². The number of pyridine rings is 6. The number of carbonyl (C=O) groups is 5. The van der Waals surface area contributed by atoms with Crippen molar-refractivity contribution < 1.29 is 47.7 Å². The summed E-state index contributed by atoms with van der Waals surface area (Å²) in [7, 11) is 6.37. The second-order valence-corrected chi connectivity index (χ2v) is 31.6. The first-order chi connectivity index (χ1) is 52.3. The minimum absolute atomic E-state index is 0.0225. The van der Waals surface area contributed by atoms with Gasteiger partial charge in [0.25, 0.3) is 0 Å². The smallest absolute Gasteiger partial charge is 0.410 e. The van der Waals surface area contributed by atoms with Crippen molar-refractivity contribution in [2.24, 2.45) is 10.8 Å². The number of amides is 5. The fourth-order valence-corrected chi connectivity index (χ4v) is 16.9. The van der Waals surface area contributed by atoms with E-state index in [0.717, 1.165) is 87.5 Å². The Bertz CT molecular complexity index is 4770. The molecule has 6 aromatic heterocycles. The molecule has 6 saturated heterocycles. The first kappa shape index (κ1) is 77.9. The second kappa shape index (κ2) is 33.1. The SMILES string of the molecule is COc1nc(-c2cccc(-c3nccc(-c4ccc(CN(C(=O)OC(C)(C)C)C5CCN(C(C)=O)CC5)c(OC)n4)c3Cl)c2Cl)ccc1CN1CC2(CNC(=O)C2)C1.COc1nc(-c2cccc(-c3nccc(-c4ccc(CNC5CCN(C(C)=O)CC5)c(OC)n4)c3Cl)c2Cl)ccc1CN1CC2(CNC(=O)C2)C1. The van der Waals surface area contributed by atoms with Crippen LogP contribution in [0.2, 0.25) is 20.1 Å². The standard InChI is InChI=1S/C43H49Cl2N7O6.C38H41Cl2N7O4/c1-26(53)51-18-15-29(16-19-51)52(41(55)58-42(2,3)4)22-28-11-13-34(49-40(28)57-6)31-14-17-46-38(37(31)45)32-9-7-8-30(36(32)44)33-12-10-27(39(48-33)56-5)21-50-24-43(25-50)20-35(54)47-23-43;1-23(48)47-15-12-26(13-16-47)42-18-24-7-9-31(44-36(24)50-2)28-11-14-41-35(34(28)40)29-6-4-5-27(33(29)39)30-10-8-25(37(45-30)51-3)19-46-21-38(22-46)17-32(49)43-20-38/h7-14,17,29H,15-16,18-25H2,1-6H3,(H,47,54);4-11,14,26,42H,12-13,15-22H2,1-3H3,(H,43,49). The van der Waals surface area contributed by atoms with E-state index in [4.69, 9.17) is 90.0 Å². The molecule has 0 unspecified atom stereocenters. The van der Waals surface area contributed by atoms with Crippen LogP contribution in [-0.2, 0) is 50.1 Å². The molecule has 28 heteroatoms. The van der Waals surface area contributed by atoms with Gasteiger partial charge in [0.1, 0.15) is 5.60 Å². The lowest BCUT2D eigenvalue weighted by molar-refractivity contribution is -0.131. The van der Waals surface area contributed by atoms with Gasteiger partial charge in [-0.25, -0.2) is 24.7 Å². The minimum atomic E-state index is -0.691. The van der Waals surface area contributed by atoms with Crippen LogP contribution in [0.15, 0.2) is 109 Å². The summed E-state index contributed by atoms with van der Waals surface area (Å²) in [6.07, 6.45) is 7.16. The van der Waals surface area contributed by atoms with Crippen molar-refractivity contribution in [3.8, 4) is 91.1 Å². The quantitative estimate of drug-likeness (QED) is 0.0640. The number of likely N-dealkylation sites (tertiary alicyclic amines) is 4. The predicted molar refractivity (Wildman–Crippen MR) is 418 cm³/mol. The zero-order valence-corrected chi connectivity index (χ0v) is 65.7. The zero-order valence-electron chi connectivity index (χ0n) is 62.7. The fourth-order valence-electron chi connectivity index (χ4n) is 15.6. The molecule has 6 fully saturated rings. The van der Waals surface area contributed by atoms with Crippen LogP contribution in [-0.4, -0.2) is 196 Å². The molecular weight excluding hydrogens is 1470 g/mol. The second-order valence-electron chi connectivity index (χ2n) is 30.0. The van der Waals surface area contributed by atoms with Crippen LogP contribution >= 0.6 is 46.4 Å². The van der Waals surface area contributed by atoms with Crippen molar-refractivity contribution in [3.63, 3.8) is 0 Å². The summed E-state index contributed by atoms with van der Waals surface area (Å²) in [5.74, 6) is 2.30. The molecule has 8 aromatic rings. The van der Waals surface area contributed by atoms with Gasteiger partial charge in [-0.3, -0.25) is 38.9 Å². The number of aromatic nitrogens is 6. The van der Waals surface area contributed by atoms with Crippen LogP contribution in [0.3, 0.4) is 0 Å². The molecule has 24 nitrogen and oxygen atoms in total. The maximum Gasteiger partial charge on any atom is 0.410 e. The molecule has 2 aromatic carbocycles. The zero-order chi connectivity index (χ0) is 77.1. The van der Waals surface area contributed by atoms with Gasteiger partial charge in [0.15, 0.2) is 0 Å². The van der Waals surface area contributed by atoms with Gasteiger partial charge < -0.3 is 54.3 Å². The van der Waals surface area contributed by atoms with Crippen LogP contribution in [0.5, 0.6) is 23.5 Å². The Balaban J connectivity index is 0.000000193. The van der Waals surface area contributed by atoms with Gasteiger partial charge in [-0.2, -0.15) is 0 Å². The Labute approximate surface area is 654 Å². The number of nitrogens with zero attached hydrogens (tertiary/aromatic N) is 11. The van der Waals surface area contributed by atoms with Gasteiger partial charge in [0.05, 0.1) is 89.2 Å². The molecule has 0 aliphatic carbocycles. The highest BCUT2D eigenvalue weighted by atomic mass is 35.5. The van der Waals surface area contributed by atoms with Gasteiger partial charge in [-0.05, 0) is 88.9 Å². The number of nitrogens with one attached hydrogen (secondary N) is 3. The van der Waals surface area contributed by atoms with Crippen molar-refractivity contribution in [3.05, 3.63) is 152 Å². The molecule has 0 bridgehead atoms. The fraction of sp³-hybridized carbons (Fsp3) is 0.420. The molecule has 2 spiro atoms. The average molecular weight is 1560 g/mol. The predicted octanol–water partition coefficient (Wildman–Crippen LogP) is 12.9. The molecule has 109 heavy (non-hydrogen) atoms. The van der Waals surface area contributed by atoms with Gasteiger partial charge in [0.2, 0.25) is 47.1 Å². The number of hydrogen-bond acceptors (Lipinski definition) is 19. The molecule has 0 radical (unpaired) electrons. The van der Waals surface area contributed by atoms with E-state index in [1.807, 2.05) is 117 Å². The summed E-state index contributed by atoms with van der Waals surface area (Å²) in [4.78, 5) is 99.5. The summed E-state index contributed by atoms with van der Waals surface area (Å²) in [6.45, 7) is 18.4. The van der Waals surface area contributed by atoms with Gasteiger partial charge in [-0.15, -0.1) is 0 Å². The van der Waals surface area contributed by atoms with Crippen LogP contribution in [0.25, 0.3) is 67.5 Å². The molecule has 12 heterocycles.